The van der Waals surface area contributed by atoms with Crippen LogP contribution in [-0.4, -0.2) is 42.1 Å². The molecule has 0 radical (unpaired) electrons. The van der Waals surface area contributed by atoms with E-state index >= 15 is 0 Å². The lowest BCUT2D eigenvalue weighted by molar-refractivity contribution is 0.380. The zero-order valence-corrected chi connectivity index (χ0v) is 11.2. The Hall–Kier alpha value is -2.02. The monoisotopic (exact) mass is 271 g/mol. The first-order valence-electron chi connectivity index (χ1n) is 7.17. The number of rotatable bonds is 3. The Morgan fingerprint density at radius 2 is 2.25 bits per heavy atom. The van der Waals surface area contributed by atoms with Crippen molar-refractivity contribution in [2.75, 3.05) is 6.54 Å². The number of hydrogen-bond donors (Lipinski definition) is 2. The van der Waals surface area contributed by atoms with Crippen LogP contribution in [0.5, 0.6) is 0 Å². The van der Waals surface area contributed by atoms with E-state index in [0.29, 0.717) is 11.7 Å². The summed E-state index contributed by atoms with van der Waals surface area (Å²) in [5.74, 6) is 0.969. The van der Waals surface area contributed by atoms with Crippen LogP contribution < -0.4 is 5.32 Å². The van der Waals surface area contributed by atoms with Crippen molar-refractivity contribution in [2.24, 2.45) is 0 Å². The first-order valence-corrected chi connectivity index (χ1v) is 7.17. The third-order valence-electron chi connectivity index (χ3n) is 4.03. The van der Waals surface area contributed by atoms with E-state index in [1.165, 1.54) is 19.3 Å². The molecule has 7 nitrogen and oxygen atoms in total. The highest BCUT2D eigenvalue weighted by atomic mass is 15.3. The molecule has 3 aromatic heterocycles. The average Bonchev–Trinajstić information content (AvgIpc) is 3.12. The summed E-state index contributed by atoms with van der Waals surface area (Å²) in [5.41, 5.74) is 2.34. The van der Waals surface area contributed by atoms with Crippen LogP contribution in [0.15, 0.2) is 12.7 Å². The van der Waals surface area contributed by atoms with Gasteiger partial charge in [-0.3, -0.25) is 4.40 Å². The number of H-pyrrole nitrogens is 1. The quantitative estimate of drug-likeness (QED) is 0.744. The molecule has 0 bridgehead atoms. The van der Waals surface area contributed by atoms with Crippen LogP contribution in [0.25, 0.3) is 16.8 Å². The molecule has 4 heterocycles. The normalized spacial score (nSPS) is 19.9. The van der Waals surface area contributed by atoms with E-state index in [2.05, 4.69) is 30.5 Å². The topological polar surface area (TPSA) is 83.8 Å². The van der Waals surface area contributed by atoms with Crippen molar-refractivity contribution in [2.45, 2.75) is 38.1 Å². The maximum Gasteiger partial charge on any atom is 0.189 e. The van der Waals surface area contributed by atoms with Crippen LogP contribution in [0.3, 0.4) is 0 Å². The van der Waals surface area contributed by atoms with Crippen molar-refractivity contribution in [1.82, 2.24) is 34.9 Å². The van der Waals surface area contributed by atoms with Crippen molar-refractivity contribution in [3.05, 3.63) is 18.5 Å². The first kappa shape index (κ1) is 11.8. The predicted molar refractivity (Wildman–Crippen MR) is 74.4 cm³/mol. The van der Waals surface area contributed by atoms with E-state index in [0.717, 1.165) is 36.4 Å². The minimum atomic E-state index is 0.611. The van der Waals surface area contributed by atoms with Gasteiger partial charge in [0.1, 0.15) is 17.7 Å². The molecule has 1 unspecified atom stereocenters. The van der Waals surface area contributed by atoms with Gasteiger partial charge in [-0.15, -0.1) is 10.2 Å². The van der Waals surface area contributed by atoms with E-state index in [4.69, 9.17) is 0 Å². The molecule has 3 aromatic rings. The molecular formula is C13H17N7. The number of aryl methyl sites for hydroxylation is 1. The molecule has 7 heteroatoms. The summed E-state index contributed by atoms with van der Waals surface area (Å²) in [6.45, 7) is 1.14. The molecule has 0 saturated carbocycles. The van der Waals surface area contributed by atoms with Crippen LogP contribution >= 0.6 is 0 Å². The number of piperidine rings is 1. The molecule has 1 saturated heterocycles. The number of fused-ring (bicyclic) bond motifs is 3. The van der Waals surface area contributed by atoms with Gasteiger partial charge in [-0.1, -0.05) is 6.42 Å². The van der Waals surface area contributed by atoms with Crippen LogP contribution in [0.1, 0.15) is 31.5 Å². The Morgan fingerprint density at radius 3 is 3.15 bits per heavy atom. The lowest BCUT2D eigenvalue weighted by Crippen LogP contribution is -2.34. The summed E-state index contributed by atoms with van der Waals surface area (Å²) in [7, 11) is 0. The van der Waals surface area contributed by atoms with E-state index in [9.17, 15) is 0 Å². The van der Waals surface area contributed by atoms with Gasteiger partial charge in [0.05, 0.1) is 6.33 Å². The third kappa shape index (κ3) is 1.94. The SMILES string of the molecule is c1nc2ncn3c(CCC4CCCCN4)nnc3c2[nH]1. The summed E-state index contributed by atoms with van der Waals surface area (Å²) in [6.07, 6.45) is 9.31. The largest absolute Gasteiger partial charge is 0.340 e. The molecule has 1 aliphatic rings. The molecule has 2 N–H and O–H groups in total. The minimum Gasteiger partial charge on any atom is -0.340 e. The lowest BCUT2D eigenvalue weighted by atomic mass is 10.0. The number of nitrogens with zero attached hydrogens (tertiary/aromatic N) is 5. The van der Waals surface area contributed by atoms with Crippen LogP contribution in [0.4, 0.5) is 0 Å². The highest BCUT2D eigenvalue weighted by Crippen LogP contribution is 2.16. The van der Waals surface area contributed by atoms with Gasteiger partial charge in [-0.25, -0.2) is 9.97 Å². The van der Waals surface area contributed by atoms with Gasteiger partial charge in [-0.05, 0) is 25.8 Å². The lowest BCUT2D eigenvalue weighted by Gasteiger charge is -2.22. The fourth-order valence-corrected chi connectivity index (χ4v) is 2.92. The maximum absolute atomic E-state index is 4.32. The van der Waals surface area contributed by atoms with Gasteiger partial charge in [0, 0.05) is 12.5 Å². The van der Waals surface area contributed by atoms with Crippen LogP contribution in [0.2, 0.25) is 0 Å². The van der Waals surface area contributed by atoms with Gasteiger partial charge < -0.3 is 10.3 Å². The van der Waals surface area contributed by atoms with Crippen molar-refractivity contribution < 1.29 is 0 Å². The predicted octanol–water partition coefficient (Wildman–Crippen LogP) is 1.08. The number of imidazole rings is 1. The average molecular weight is 271 g/mol. The maximum atomic E-state index is 4.32. The molecule has 0 spiro atoms. The molecular weight excluding hydrogens is 254 g/mol. The van der Waals surface area contributed by atoms with Gasteiger partial charge >= 0.3 is 0 Å². The van der Waals surface area contributed by atoms with Crippen LogP contribution in [0, 0.1) is 0 Å². The zero-order chi connectivity index (χ0) is 13.4. The number of nitrogens with one attached hydrogen (secondary N) is 2. The van der Waals surface area contributed by atoms with E-state index in [1.807, 2.05) is 4.40 Å². The Kier molecular flexibility index (Phi) is 2.84. The Bertz CT molecular complexity index is 723. The molecule has 0 amide bonds. The fourth-order valence-electron chi connectivity index (χ4n) is 2.92. The third-order valence-corrected chi connectivity index (χ3v) is 4.03. The molecule has 0 aromatic carbocycles. The summed E-state index contributed by atoms with van der Waals surface area (Å²) >= 11 is 0. The van der Waals surface area contributed by atoms with Crippen molar-refractivity contribution in [3.8, 4) is 0 Å². The highest BCUT2D eigenvalue weighted by Gasteiger charge is 2.15. The standard InChI is InChI=1S/C13H17N7/c1-2-6-14-9(3-1)4-5-10-18-19-13-11-12(16-7-15-11)17-8-20(10)13/h7-9,14H,1-6H2,(H,15,16). The van der Waals surface area contributed by atoms with Crippen molar-refractivity contribution in [1.29, 1.82) is 0 Å². The molecule has 1 fully saturated rings. The van der Waals surface area contributed by atoms with E-state index < -0.39 is 0 Å². The van der Waals surface area contributed by atoms with Gasteiger partial charge in [0.25, 0.3) is 0 Å². The molecule has 1 atom stereocenters. The highest BCUT2D eigenvalue weighted by molar-refractivity contribution is 5.84. The second kappa shape index (κ2) is 4.82. The Labute approximate surface area is 115 Å². The fraction of sp³-hybridized carbons (Fsp3) is 0.538. The first-order chi connectivity index (χ1) is 9.92. The smallest absolute Gasteiger partial charge is 0.189 e. The second-order valence-corrected chi connectivity index (χ2v) is 5.34. The summed E-state index contributed by atoms with van der Waals surface area (Å²) in [5, 5.41) is 12.1. The number of aromatic nitrogens is 6. The van der Waals surface area contributed by atoms with E-state index in [-0.39, 0.29) is 0 Å². The van der Waals surface area contributed by atoms with Crippen molar-refractivity contribution >= 4 is 16.8 Å². The molecule has 4 rings (SSSR count). The number of aromatic amines is 1. The zero-order valence-electron chi connectivity index (χ0n) is 11.2. The van der Waals surface area contributed by atoms with Gasteiger partial charge in [-0.2, -0.15) is 0 Å². The van der Waals surface area contributed by atoms with Crippen molar-refractivity contribution in [3.63, 3.8) is 0 Å². The molecule has 1 aliphatic heterocycles. The summed E-state index contributed by atoms with van der Waals surface area (Å²) < 4.78 is 1.96. The van der Waals surface area contributed by atoms with Gasteiger partial charge in [0.2, 0.25) is 0 Å². The second-order valence-electron chi connectivity index (χ2n) is 5.34. The summed E-state index contributed by atoms with van der Waals surface area (Å²) in [6, 6.07) is 0.611. The Balaban J connectivity index is 1.60. The van der Waals surface area contributed by atoms with E-state index in [1.54, 1.807) is 12.7 Å². The molecule has 104 valence electrons. The molecule has 20 heavy (non-hydrogen) atoms. The van der Waals surface area contributed by atoms with Gasteiger partial charge in [0.15, 0.2) is 11.3 Å². The Morgan fingerprint density at radius 1 is 1.25 bits per heavy atom. The molecule has 0 aliphatic carbocycles. The van der Waals surface area contributed by atoms with Crippen LogP contribution in [-0.2, 0) is 6.42 Å². The number of hydrogen-bond acceptors (Lipinski definition) is 5. The minimum absolute atomic E-state index is 0.611. The summed E-state index contributed by atoms with van der Waals surface area (Å²) in [4.78, 5) is 11.5.